The van der Waals surface area contributed by atoms with E-state index in [1.165, 1.54) is 25.1 Å². The van der Waals surface area contributed by atoms with Crippen molar-refractivity contribution < 1.29 is 18.1 Å². The highest BCUT2D eigenvalue weighted by atomic mass is 32.2. The maximum absolute atomic E-state index is 12.4. The van der Waals surface area contributed by atoms with Crippen LogP contribution in [-0.4, -0.2) is 25.4 Å². The van der Waals surface area contributed by atoms with Crippen LogP contribution in [0, 0.1) is 10.1 Å². The third-order valence-corrected chi connectivity index (χ3v) is 5.00. The second kappa shape index (κ2) is 6.27. The summed E-state index contributed by atoms with van der Waals surface area (Å²) in [4.78, 5) is 22.9. The number of nitro benzene ring substituents is 1. The van der Waals surface area contributed by atoms with Gasteiger partial charge in [0, 0.05) is 12.1 Å². The number of carbonyl (C=O) groups is 1. The van der Waals surface area contributed by atoms with E-state index in [1.807, 2.05) is 0 Å². The monoisotopic (exact) mass is 340 g/mol. The molecular formula is C15H20N2O5S. The first kappa shape index (κ1) is 17.4. The van der Waals surface area contributed by atoms with Crippen LogP contribution in [0.4, 0.5) is 11.4 Å². The van der Waals surface area contributed by atoms with Crippen molar-refractivity contribution in [2.45, 2.75) is 44.4 Å². The number of ketones is 1. The van der Waals surface area contributed by atoms with Gasteiger partial charge in [0.15, 0.2) is 0 Å². The van der Waals surface area contributed by atoms with Crippen molar-refractivity contribution in [1.82, 2.24) is 0 Å². The van der Waals surface area contributed by atoms with Crippen LogP contribution in [0.5, 0.6) is 0 Å². The van der Waals surface area contributed by atoms with Crippen LogP contribution >= 0.6 is 0 Å². The Labute approximate surface area is 135 Å². The molecule has 1 fully saturated rings. The van der Waals surface area contributed by atoms with Crippen molar-refractivity contribution in [3.05, 3.63) is 33.9 Å². The van der Waals surface area contributed by atoms with Crippen molar-refractivity contribution in [1.29, 1.82) is 0 Å². The quantitative estimate of drug-likeness (QED) is 0.655. The number of nitrogens with one attached hydrogen (secondary N) is 1. The van der Waals surface area contributed by atoms with Gasteiger partial charge in [-0.15, -0.1) is 0 Å². The molecule has 0 radical (unpaired) electrons. The summed E-state index contributed by atoms with van der Waals surface area (Å²) in [5, 5.41) is 11.1. The molecule has 0 atom stereocenters. The Balaban J connectivity index is 2.66. The zero-order valence-corrected chi connectivity index (χ0v) is 14.0. The van der Waals surface area contributed by atoms with Gasteiger partial charge >= 0.3 is 0 Å². The molecular weight excluding hydrogens is 320 g/mol. The van der Waals surface area contributed by atoms with E-state index in [-0.39, 0.29) is 17.2 Å². The normalized spacial score (nSPS) is 17.5. The minimum absolute atomic E-state index is 0.0887. The molecule has 0 bridgehead atoms. The van der Waals surface area contributed by atoms with Crippen LogP contribution in [0.1, 0.15) is 44.6 Å². The zero-order chi connectivity index (χ0) is 17.3. The summed E-state index contributed by atoms with van der Waals surface area (Å²) in [6.07, 6.45) is 4.82. The maximum Gasteiger partial charge on any atom is 0.269 e. The summed E-state index contributed by atoms with van der Waals surface area (Å²) in [5.41, 5.74) is -0.359. The van der Waals surface area contributed by atoms with Crippen LogP contribution in [-0.2, 0) is 20.2 Å². The van der Waals surface area contributed by atoms with Gasteiger partial charge in [0.25, 0.3) is 5.69 Å². The topological polar surface area (TPSA) is 106 Å². The van der Waals surface area contributed by atoms with Gasteiger partial charge in [-0.05, 0) is 31.4 Å². The average molecular weight is 340 g/mol. The van der Waals surface area contributed by atoms with E-state index >= 15 is 0 Å². The molecule has 0 spiro atoms. The fraction of sp³-hybridized carbons (Fsp3) is 0.533. The number of sulfonamides is 1. The molecule has 0 unspecified atom stereocenters. The summed E-state index contributed by atoms with van der Waals surface area (Å²) in [5.74, 6) is -0.0887. The fourth-order valence-electron chi connectivity index (χ4n) is 3.30. The van der Waals surface area contributed by atoms with Gasteiger partial charge in [-0.3, -0.25) is 19.6 Å². The number of nitro groups is 1. The predicted molar refractivity (Wildman–Crippen MR) is 87.0 cm³/mol. The summed E-state index contributed by atoms with van der Waals surface area (Å²) in [6, 6.07) is 3.95. The van der Waals surface area contributed by atoms with E-state index in [4.69, 9.17) is 0 Å². The molecule has 1 aliphatic carbocycles. The van der Waals surface area contributed by atoms with Crippen LogP contribution in [0.2, 0.25) is 0 Å². The molecule has 1 aromatic carbocycles. The number of benzene rings is 1. The van der Waals surface area contributed by atoms with E-state index in [0.29, 0.717) is 18.4 Å². The molecule has 0 aliphatic heterocycles. The van der Waals surface area contributed by atoms with Gasteiger partial charge in [-0.2, -0.15) is 0 Å². The first-order valence-corrected chi connectivity index (χ1v) is 9.33. The number of Topliss-reactive ketones (excluding diaryl/α,β-unsaturated/α-hetero) is 1. The lowest BCUT2D eigenvalue weighted by Gasteiger charge is -2.36. The highest BCUT2D eigenvalue weighted by molar-refractivity contribution is 7.92. The lowest BCUT2D eigenvalue weighted by atomic mass is 9.66. The Kier molecular flexibility index (Phi) is 4.74. The van der Waals surface area contributed by atoms with Crippen molar-refractivity contribution in [3.8, 4) is 0 Å². The van der Waals surface area contributed by atoms with Crippen LogP contribution in [0.3, 0.4) is 0 Å². The Morgan fingerprint density at radius 1 is 1.26 bits per heavy atom. The number of rotatable bonds is 5. The largest absolute Gasteiger partial charge is 0.299 e. The first-order valence-electron chi connectivity index (χ1n) is 7.43. The summed E-state index contributed by atoms with van der Waals surface area (Å²) < 4.78 is 25.6. The first-order chi connectivity index (χ1) is 10.7. The number of hydrogen-bond acceptors (Lipinski definition) is 5. The lowest BCUT2D eigenvalue weighted by molar-refractivity contribution is -0.384. The van der Waals surface area contributed by atoms with Gasteiger partial charge in [-0.25, -0.2) is 8.42 Å². The summed E-state index contributed by atoms with van der Waals surface area (Å²) >= 11 is 0. The van der Waals surface area contributed by atoms with E-state index in [2.05, 4.69) is 4.72 Å². The second-order valence-electron chi connectivity index (χ2n) is 6.06. The van der Waals surface area contributed by atoms with Crippen LogP contribution in [0.25, 0.3) is 0 Å². The molecule has 2 rings (SSSR count). The average Bonchev–Trinajstić information content (AvgIpc) is 2.46. The highest BCUT2D eigenvalue weighted by Crippen LogP contribution is 2.44. The fourth-order valence-corrected chi connectivity index (χ4v) is 3.87. The molecule has 0 heterocycles. The van der Waals surface area contributed by atoms with Crippen molar-refractivity contribution >= 4 is 27.2 Å². The van der Waals surface area contributed by atoms with Gasteiger partial charge < -0.3 is 0 Å². The Morgan fingerprint density at radius 2 is 1.87 bits per heavy atom. The van der Waals surface area contributed by atoms with Gasteiger partial charge in [0.05, 0.1) is 22.3 Å². The molecule has 23 heavy (non-hydrogen) atoms. The molecule has 1 aliphatic rings. The highest BCUT2D eigenvalue weighted by Gasteiger charge is 2.41. The number of anilines is 1. The summed E-state index contributed by atoms with van der Waals surface area (Å²) in [6.45, 7) is 1.47. The van der Waals surface area contributed by atoms with Crippen LogP contribution in [0.15, 0.2) is 18.2 Å². The number of nitrogens with zero attached hydrogens (tertiary/aromatic N) is 1. The minimum atomic E-state index is -3.56. The Bertz CT molecular complexity index is 736. The van der Waals surface area contributed by atoms with Gasteiger partial charge in [0.1, 0.15) is 5.78 Å². The smallest absolute Gasteiger partial charge is 0.269 e. The number of non-ortho nitro benzene ring substituents is 1. The molecule has 0 amide bonds. The molecule has 1 aromatic rings. The number of hydrogen-bond donors (Lipinski definition) is 1. The van der Waals surface area contributed by atoms with E-state index in [0.717, 1.165) is 25.5 Å². The molecule has 126 valence electrons. The SMILES string of the molecule is CC(=O)C1(c2cc([N+](=O)[O-])ccc2NS(C)(=O)=O)CCCCC1. The molecule has 0 saturated heterocycles. The van der Waals surface area contributed by atoms with E-state index in [1.54, 1.807) is 0 Å². The molecule has 0 aromatic heterocycles. The molecule has 8 heteroatoms. The van der Waals surface area contributed by atoms with Crippen molar-refractivity contribution in [2.75, 3.05) is 11.0 Å². The minimum Gasteiger partial charge on any atom is -0.299 e. The van der Waals surface area contributed by atoms with Gasteiger partial charge in [-0.1, -0.05) is 19.3 Å². The zero-order valence-electron chi connectivity index (χ0n) is 13.2. The maximum atomic E-state index is 12.4. The van der Waals surface area contributed by atoms with Crippen LogP contribution < -0.4 is 4.72 Å². The molecule has 7 nitrogen and oxygen atoms in total. The van der Waals surface area contributed by atoms with E-state index in [9.17, 15) is 23.3 Å². The van der Waals surface area contributed by atoms with Crippen molar-refractivity contribution in [3.63, 3.8) is 0 Å². The standard InChI is InChI=1S/C15H20N2O5S/c1-11(18)15(8-4-3-5-9-15)13-10-12(17(19)20)6-7-14(13)16-23(2,21)22/h6-7,10,16H,3-5,8-9H2,1-2H3. The Hall–Kier alpha value is -1.96. The van der Waals surface area contributed by atoms with Crippen molar-refractivity contribution in [2.24, 2.45) is 0 Å². The Morgan fingerprint density at radius 3 is 2.35 bits per heavy atom. The van der Waals surface area contributed by atoms with Gasteiger partial charge in [0.2, 0.25) is 10.0 Å². The second-order valence-corrected chi connectivity index (χ2v) is 7.81. The molecule has 1 N–H and O–H groups in total. The third kappa shape index (κ3) is 3.69. The summed E-state index contributed by atoms with van der Waals surface area (Å²) in [7, 11) is -3.56. The van der Waals surface area contributed by atoms with E-state index < -0.39 is 20.4 Å². The number of carbonyl (C=O) groups excluding carboxylic acids is 1. The molecule has 1 saturated carbocycles. The lowest BCUT2D eigenvalue weighted by Crippen LogP contribution is -2.37. The predicted octanol–water partition coefficient (Wildman–Crippen LogP) is 2.76. The third-order valence-electron chi connectivity index (χ3n) is 4.41.